The van der Waals surface area contributed by atoms with E-state index in [1.54, 1.807) is 0 Å². The lowest BCUT2D eigenvalue weighted by atomic mass is 9.46. The summed E-state index contributed by atoms with van der Waals surface area (Å²) in [5, 5.41) is 0. The number of likely N-dealkylation sites (N-methyl/N-ethyl adjacent to an activating group) is 1. The number of unbranched alkanes of at least 4 members (excludes halogenated alkanes) is 11. The molecule has 3 heteroatoms. The van der Waals surface area contributed by atoms with Crippen LogP contribution in [0.2, 0.25) is 0 Å². The number of ether oxygens (including phenoxy) is 2. The highest BCUT2D eigenvalue weighted by Gasteiger charge is 2.59. The molecule has 0 radical (unpaired) electrons. The summed E-state index contributed by atoms with van der Waals surface area (Å²) in [4.78, 5) is 2.25. The van der Waals surface area contributed by atoms with Gasteiger partial charge in [0, 0.05) is 19.8 Å². The van der Waals surface area contributed by atoms with E-state index in [1.807, 2.05) is 5.57 Å². The molecule has 0 bridgehead atoms. The second-order valence-electron chi connectivity index (χ2n) is 21.7. The van der Waals surface area contributed by atoms with Crippen molar-refractivity contribution in [1.29, 1.82) is 0 Å². The summed E-state index contributed by atoms with van der Waals surface area (Å²) < 4.78 is 12.6. The first-order valence-corrected chi connectivity index (χ1v) is 25.9. The van der Waals surface area contributed by atoms with Gasteiger partial charge in [-0.25, -0.2) is 0 Å². The van der Waals surface area contributed by atoms with Gasteiger partial charge < -0.3 is 14.4 Å². The Kier molecular flexibility index (Phi) is 23.4. The Morgan fingerprint density at radius 2 is 1.45 bits per heavy atom. The summed E-state index contributed by atoms with van der Waals surface area (Å²) in [5.74, 6) is 6.51. The van der Waals surface area contributed by atoms with Crippen LogP contribution < -0.4 is 0 Å². The normalized spacial score (nSPS) is 29.6. The van der Waals surface area contributed by atoms with Crippen molar-refractivity contribution in [1.82, 2.24) is 4.90 Å². The molecule has 4 aliphatic carbocycles. The monoisotopic (exact) mass is 806 g/mol. The minimum absolute atomic E-state index is 0.184. The van der Waals surface area contributed by atoms with Crippen LogP contribution in [0, 0.1) is 52.3 Å². The van der Waals surface area contributed by atoms with Crippen molar-refractivity contribution in [2.45, 2.75) is 221 Å². The molecule has 4 aliphatic rings. The van der Waals surface area contributed by atoms with Crippen LogP contribution in [0.25, 0.3) is 0 Å². The maximum Gasteiger partial charge on any atom is 0.0934 e. The fourth-order valence-electron chi connectivity index (χ4n) is 12.9. The van der Waals surface area contributed by atoms with E-state index in [2.05, 4.69) is 90.9 Å². The SMILES string of the molecule is CCCCCC=CCC=CCCCCCCCCOCC(CN(C)C)OCCCCCC1CCC2(C)C(=CCC3C2CCC2(C)C(C(C)CCCC(C)C)CCC32)C1. The fraction of sp³-hybridized carbons (Fsp3) is 0.891. The van der Waals surface area contributed by atoms with Crippen molar-refractivity contribution in [3.8, 4) is 0 Å². The smallest absolute Gasteiger partial charge is 0.0934 e. The average Bonchev–Trinajstić information content (AvgIpc) is 3.55. The molecule has 4 rings (SSSR count). The molecule has 9 atom stereocenters. The van der Waals surface area contributed by atoms with Gasteiger partial charge in [0.1, 0.15) is 0 Å². The molecule has 0 heterocycles. The van der Waals surface area contributed by atoms with Gasteiger partial charge in [0.25, 0.3) is 0 Å². The Morgan fingerprint density at radius 1 is 0.741 bits per heavy atom. The summed E-state index contributed by atoms with van der Waals surface area (Å²) in [5.41, 5.74) is 2.97. The molecule has 0 amide bonds. The van der Waals surface area contributed by atoms with E-state index in [4.69, 9.17) is 9.47 Å². The van der Waals surface area contributed by atoms with Crippen molar-refractivity contribution in [2.24, 2.45) is 52.3 Å². The Morgan fingerprint density at radius 3 is 2.19 bits per heavy atom. The van der Waals surface area contributed by atoms with Crippen molar-refractivity contribution in [3.63, 3.8) is 0 Å². The fourth-order valence-corrected chi connectivity index (χ4v) is 12.9. The van der Waals surface area contributed by atoms with E-state index in [-0.39, 0.29) is 6.10 Å². The van der Waals surface area contributed by atoms with Crippen molar-refractivity contribution in [3.05, 3.63) is 36.0 Å². The first kappa shape index (κ1) is 49.8. The standard InChI is InChI=1S/C55H99NO2/c1-9-10-11-12-13-14-15-16-17-18-19-20-21-22-23-26-40-57-44-49(43-56(7)8)58-41-27-24-25-31-47-36-38-54(5)48(42-47)32-33-50-52-35-34-51(46(4)30-28-29-45(2)3)55(52,6)39-37-53(50)54/h13-14,16-17,32,45-47,49-53H,9-12,15,18-31,33-44H2,1-8H3. The lowest BCUT2D eigenvalue weighted by molar-refractivity contribution is -0.0530. The van der Waals surface area contributed by atoms with Crippen molar-refractivity contribution in [2.75, 3.05) is 40.5 Å². The van der Waals surface area contributed by atoms with Gasteiger partial charge in [0.05, 0.1) is 12.7 Å². The van der Waals surface area contributed by atoms with Gasteiger partial charge in [-0.3, -0.25) is 0 Å². The maximum absolute atomic E-state index is 6.41. The molecule has 3 saturated carbocycles. The highest BCUT2D eigenvalue weighted by Crippen LogP contribution is 2.67. The predicted octanol–water partition coefficient (Wildman–Crippen LogP) is 16.0. The Labute approximate surface area is 362 Å². The Bertz CT molecular complexity index is 1170. The van der Waals surface area contributed by atoms with Crippen LogP contribution in [-0.2, 0) is 9.47 Å². The van der Waals surface area contributed by atoms with Gasteiger partial charge in [0.2, 0.25) is 0 Å². The first-order valence-electron chi connectivity index (χ1n) is 25.9. The van der Waals surface area contributed by atoms with Crippen molar-refractivity contribution < 1.29 is 9.47 Å². The highest BCUT2D eigenvalue weighted by atomic mass is 16.5. The first-order chi connectivity index (χ1) is 28.1. The predicted molar refractivity (Wildman–Crippen MR) is 253 cm³/mol. The quantitative estimate of drug-likeness (QED) is 0.0515. The van der Waals surface area contributed by atoms with E-state index in [0.29, 0.717) is 10.8 Å². The van der Waals surface area contributed by atoms with E-state index in [9.17, 15) is 0 Å². The minimum Gasteiger partial charge on any atom is -0.379 e. The van der Waals surface area contributed by atoms with Gasteiger partial charge in [-0.05, 0) is 163 Å². The number of hydrogen-bond acceptors (Lipinski definition) is 3. The zero-order chi connectivity index (χ0) is 41.6. The number of nitrogens with zero attached hydrogens (tertiary/aromatic N) is 1. The summed E-state index contributed by atoms with van der Waals surface area (Å²) in [6, 6.07) is 0. The summed E-state index contributed by atoms with van der Waals surface area (Å²) >= 11 is 0. The zero-order valence-corrected chi connectivity index (χ0v) is 40.2. The number of hydrogen-bond donors (Lipinski definition) is 0. The average molecular weight is 806 g/mol. The molecular weight excluding hydrogens is 707 g/mol. The molecular formula is C55H99NO2. The second-order valence-corrected chi connectivity index (χ2v) is 21.7. The summed E-state index contributed by atoms with van der Waals surface area (Å²) in [7, 11) is 4.31. The van der Waals surface area contributed by atoms with Crippen LogP contribution in [0.3, 0.4) is 0 Å². The van der Waals surface area contributed by atoms with Gasteiger partial charge in [0.15, 0.2) is 0 Å². The lowest BCUT2D eigenvalue weighted by Gasteiger charge is -2.58. The third-order valence-corrected chi connectivity index (χ3v) is 16.4. The second kappa shape index (κ2) is 27.2. The maximum atomic E-state index is 6.41. The van der Waals surface area contributed by atoms with E-state index >= 15 is 0 Å². The Balaban J connectivity index is 1.04. The number of fused-ring (bicyclic) bond motifs is 5. The molecule has 0 aliphatic heterocycles. The molecule has 0 N–H and O–H groups in total. The van der Waals surface area contributed by atoms with Gasteiger partial charge in [-0.15, -0.1) is 0 Å². The van der Waals surface area contributed by atoms with Gasteiger partial charge in [-0.2, -0.15) is 0 Å². The molecule has 0 aromatic carbocycles. The van der Waals surface area contributed by atoms with Crippen LogP contribution >= 0.6 is 0 Å². The third-order valence-electron chi connectivity index (χ3n) is 16.4. The van der Waals surface area contributed by atoms with E-state index < -0.39 is 0 Å². The molecule has 0 spiro atoms. The largest absolute Gasteiger partial charge is 0.379 e. The number of rotatable bonds is 31. The highest BCUT2D eigenvalue weighted by molar-refractivity contribution is 5.25. The van der Waals surface area contributed by atoms with Crippen molar-refractivity contribution >= 4 is 0 Å². The lowest BCUT2D eigenvalue weighted by Crippen LogP contribution is -2.50. The Hall–Kier alpha value is -0.900. The number of allylic oxidation sites excluding steroid dienone is 6. The van der Waals surface area contributed by atoms with Gasteiger partial charge in [-0.1, -0.05) is 155 Å². The van der Waals surface area contributed by atoms with Crippen LogP contribution in [-0.4, -0.2) is 51.5 Å². The van der Waals surface area contributed by atoms with Crippen LogP contribution in [0.5, 0.6) is 0 Å². The van der Waals surface area contributed by atoms with E-state index in [1.165, 1.54) is 167 Å². The topological polar surface area (TPSA) is 21.7 Å². The molecule has 0 aromatic rings. The molecule has 9 unspecified atom stereocenters. The molecule has 0 aromatic heterocycles. The third kappa shape index (κ3) is 16.1. The van der Waals surface area contributed by atoms with E-state index in [0.717, 1.165) is 74.2 Å². The minimum atomic E-state index is 0.184. The molecule has 336 valence electrons. The van der Waals surface area contributed by atoms with Crippen LogP contribution in [0.1, 0.15) is 215 Å². The summed E-state index contributed by atoms with van der Waals surface area (Å²) in [6.45, 7) is 18.6. The summed E-state index contributed by atoms with van der Waals surface area (Å²) in [6.07, 6.45) is 49.1. The zero-order valence-electron chi connectivity index (χ0n) is 40.2. The molecule has 0 saturated heterocycles. The molecule has 3 nitrogen and oxygen atoms in total. The molecule has 3 fully saturated rings. The van der Waals surface area contributed by atoms with Gasteiger partial charge >= 0.3 is 0 Å². The van der Waals surface area contributed by atoms with Crippen LogP contribution in [0.4, 0.5) is 0 Å². The van der Waals surface area contributed by atoms with Crippen LogP contribution in [0.15, 0.2) is 36.0 Å². The molecule has 58 heavy (non-hydrogen) atoms.